The standard InChI is InChI=1S/C26H32N4O3S/c1-18(2)34(31,32)30(23-7-9-24(10-8-23)33-25-11-13-29-14-12-25)17-19-3-4-20-5-6-21(26(27)28)16-22(20)15-19/h3-10,15-16,18,25,29H,11-14,17H2,1-2H3,(H3,27,28). The van der Waals surface area contributed by atoms with E-state index in [0.29, 0.717) is 11.3 Å². The van der Waals surface area contributed by atoms with Gasteiger partial charge in [-0.25, -0.2) is 8.42 Å². The second-order valence-electron chi connectivity index (χ2n) is 8.97. The van der Waals surface area contributed by atoms with Crippen LogP contribution in [0.3, 0.4) is 0 Å². The van der Waals surface area contributed by atoms with Crippen LogP contribution < -0.4 is 20.1 Å². The second kappa shape index (κ2) is 10.0. The average Bonchev–Trinajstić information content (AvgIpc) is 2.83. The fourth-order valence-electron chi connectivity index (χ4n) is 4.11. The molecule has 1 aliphatic rings. The van der Waals surface area contributed by atoms with Gasteiger partial charge in [0.25, 0.3) is 0 Å². The first kappa shape index (κ1) is 24.0. The zero-order valence-corrected chi connectivity index (χ0v) is 20.4. The highest BCUT2D eigenvalue weighted by molar-refractivity contribution is 7.93. The van der Waals surface area contributed by atoms with E-state index >= 15 is 0 Å². The van der Waals surface area contributed by atoms with Crippen LogP contribution >= 0.6 is 0 Å². The van der Waals surface area contributed by atoms with Crippen molar-refractivity contribution in [2.45, 2.75) is 44.6 Å². The molecule has 4 rings (SSSR count). The van der Waals surface area contributed by atoms with Gasteiger partial charge in [-0.05, 0) is 92.5 Å². The van der Waals surface area contributed by atoms with Crippen molar-refractivity contribution in [1.29, 1.82) is 5.41 Å². The molecule has 0 saturated carbocycles. The summed E-state index contributed by atoms with van der Waals surface area (Å²) in [6.45, 7) is 5.48. The minimum atomic E-state index is -3.58. The Kier molecular flexibility index (Phi) is 7.09. The van der Waals surface area contributed by atoms with Crippen LogP contribution in [-0.4, -0.2) is 38.7 Å². The molecule has 1 heterocycles. The van der Waals surface area contributed by atoms with Crippen LogP contribution in [0.15, 0.2) is 60.7 Å². The smallest absolute Gasteiger partial charge is 0.237 e. The van der Waals surface area contributed by atoms with Gasteiger partial charge in [-0.2, -0.15) is 0 Å². The van der Waals surface area contributed by atoms with Gasteiger partial charge in [0.15, 0.2) is 0 Å². The van der Waals surface area contributed by atoms with Crippen molar-refractivity contribution in [3.63, 3.8) is 0 Å². The van der Waals surface area contributed by atoms with E-state index in [2.05, 4.69) is 5.32 Å². The number of nitrogens with one attached hydrogen (secondary N) is 2. The first-order valence-electron chi connectivity index (χ1n) is 11.6. The molecule has 1 aliphatic heterocycles. The van der Waals surface area contributed by atoms with Crippen LogP contribution in [0.4, 0.5) is 5.69 Å². The number of nitrogens with zero attached hydrogens (tertiary/aromatic N) is 1. The van der Waals surface area contributed by atoms with E-state index in [0.717, 1.165) is 48.0 Å². The highest BCUT2D eigenvalue weighted by Gasteiger charge is 2.27. The van der Waals surface area contributed by atoms with E-state index in [1.54, 1.807) is 13.8 Å². The summed E-state index contributed by atoms with van der Waals surface area (Å²) in [5, 5.41) is 12.4. The number of anilines is 1. The van der Waals surface area contributed by atoms with Crippen molar-refractivity contribution in [1.82, 2.24) is 5.32 Å². The lowest BCUT2D eigenvalue weighted by Crippen LogP contribution is -2.36. The molecule has 3 aromatic rings. The van der Waals surface area contributed by atoms with Crippen molar-refractivity contribution < 1.29 is 13.2 Å². The van der Waals surface area contributed by atoms with Crippen molar-refractivity contribution >= 4 is 32.3 Å². The summed E-state index contributed by atoms with van der Waals surface area (Å²) in [6, 6.07) is 18.8. The van der Waals surface area contributed by atoms with Gasteiger partial charge >= 0.3 is 0 Å². The zero-order chi connectivity index (χ0) is 24.3. The first-order valence-corrected chi connectivity index (χ1v) is 13.1. The Morgan fingerprint density at radius 1 is 1.06 bits per heavy atom. The molecule has 7 nitrogen and oxygen atoms in total. The summed E-state index contributed by atoms with van der Waals surface area (Å²) in [7, 11) is -3.58. The topological polar surface area (TPSA) is 109 Å². The number of rotatable bonds is 8. The SMILES string of the molecule is CC(C)S(=O)(=O)N(Cc1ccc2ccc(C(=N)N)cc2c1)c1ccc(OC2CCNCC2)cc1. The lowest BCUT2D eigenvalue weighted by atomic mass is 10.0. The molecule has 0 unspecified atom stereocenters. The maximum atomic E-state index is 13.3. The normalized spacial score (nSPS) is 14.9. The van der Waals surface area contributed by atoms with Gasteiger partial charge in [-0.3, -0.25) is 9.71 Å². The van der Waals surface area contributed by atoms with Crippen LogP contribution in [0.1, 0.15) is 37.8 Å². The largest absolute Gasteiger partial charge is 0.490 e. The number of hydrogen-bond acceptors (Lipinski definition) is 5. The minimum absolute atomic E-state index is 0.00288. The molecule has 0 atom stereocenters. The minimum Gasteiger partial charge on any atom is -0.490 e. The molecule has 0 aromatic heterocycles. The monoisotopic (exact) mass is 480 g/mol. The molecule has 1 saturated heterocycles. The van der Waals surface area contributed by atoms with Gasteiger partial charge in [0, 0.05) is 5.56 Å². The number of benzene rings is 3. The molecule has 0 bridgehead atoms. The van der Waals surface area contributed by atoms with Crippen LogP contribution in [0.25, 0.3) is 10.8 Å². The van der Waals surface area contributed by atoms with Gasteiger partial charge in [0.1, 0.15) is 17.7 Å². The van der Waals surface area contributed by atoms with Gasteiger partial charge in [-0.15, -0.1) is 0 Å². The van der Waals surface area contributed by atoms with Gasteiger partial charge in [0.2, 0.25) is 10.0 Å². The quantitative estimate of drug-likeness (QED) is 0.334. The molecule has 3 aromatic carbocycles. The van der Waals surface area contributed by atoms with Crippen molar-refractivity contribution in [3.05, 3.63) is 71.8 Å². The number of fused-ring (bicyclic) bond motifs is 1. The van der Waals surface area contributed by atoms with Crippen LogP contribution in [0, 0.1) is 5.41 Å². The lowest BCUT2D eigenvalue weighted by Gasteiger charge is -2.27. The predicted molar refractivity (Wildman–Crippen MR) is 138 cm³/mol. The lowest BCUT2D eigenvalue weighted by molar-refractivity contribution is 0.162. The summed E-state index contributed by atoms with van der Waals surface area (Å²) in [5.74, 6) is 0.753. The first-order chi connectivity index (χ1) is 16.2. The fraction of sp³-hybridized carbons (Fsp3) is 0.346. The Morgan fingerprint density at radius 2 is 1.74 bits per heavy atom. The molecule has 34 heavy (non-hydrogen) atoms. The Labute approximate surface area is 201 Å². The zero-order valence-electron chi connectivity index (χ0n) is 19.6. The summed E-state index contributed by atoms with van der Waals surface area (Å²) in [5.41, 5.74) is 7.74. The van der Waals surface area contributed by atoms with E-state index in [1.807, 2.05) is 60.7 Å². The Hall–Kier alpha value is -3.10. The van der Waals surface area contributed by atoms with E-state index in [1.165, 1.54) is 4.31 Å². The molecule has 1 fully saturated rings. The average molecular weight is 481 g/mol. The number of ether oxygens (including phenoxy) is 1. The third-order valence-corrected chi connectivity index (χ3v) is 8.30. The highest BCUT2D eigenvalue weighted by Crippen LogP contribution is 2.28. The van der Waals surface area contributed by atoms with Crippen molar-refractivity contribution in [3.8, 4) is 5.75 Å². The molecule has 0 radical (unpaired) electrons. The van der Waals surface area contributed by atoms with Crippen molar-refractivity contribution in [2.75, 3.05) is 17.4 Å². The molecule has 0 amide bonds. The Balaban J connectivity index is 1.62. The molecule has 4 N–H and O–H groups in total. The van der Waals surface area contributed by atoms with Crippen LogP contribution in [-0.2, 0) is 16.6 Å². The third-order valence-electron chi connectivity index (χ3n) is 6.16. The highest BCUT2D eigenvalue weighted by atomic mass is 32.2. The van der Waals surface area contributed by atoms with E-state index < -0.39 is 15.3 Å². The van der Waals surface area contributed by atoms with Gasteiger partial charge in [0.05, 0.1) is 17.5 Å². The number of hydrogen-bond donors (Lipinski definition) is 3. The van der Waals surface area contributed by atoms with Crippen LogP contribution in [0.5, 0.6) is 5.75 Å². The van der Waals surface area contributed by atoms with E-state index in [9.17, 15) is 8.42 Å². The fourth-order valence-corrected chi connectivity index (χ4v) is 5.36. The molecule has 0 spiro atoms. The Morgan fingerprint density at radius 3 is 2.38 bits per heavy atom. The second-order valence-corrected chi connectivity index (χ2v) is 11.4. The van der Waals surface area contributed by atoms with Gasteiger partial charge in [-0.1, -0.05) is 24.3 Å². The number of nitrogens with two attached hydrogens (primary N) is 1. The third kappa shape index (κ3) is 5.34. The predicted octanol–water partition coefficient (Wildman–Crippen LogP) is 4.00. The number of nitrogen functional groups attached to an aromatic ring is 1. The molecular formula is C26H32N4O3S. The molecule has 8 heteroatoms. The summed E-state index contributed by atoms with van der Waals surface area (Å²) >= 11 is 0. The Bertz CT molecular complexity index is 1270. The molecular weight excluding hydrogens is 448 g/mol. The number of amidine groups is 1. The summed E-state index contributed by atoms with van der Waals surface area (Å²) < 4.78 is 34.1. The summed E-state index contributed by atoms with van der Waals surface area (Å²) in [6.07, 6.45) is 2.10. The maximum absolute atomic E-state index is 13.3. The van der Waals surface area contributed by atoms with Gasteiger partial charge < -0.3 is 15.8 Å². The number of sulfonamides is 1. The van der Waals surface area contributed by atoms with E-state index in [4.69, 9.17) is 15.9 Å². The van der Waals surface area contributed by atoms with Crippen molar-refractivity contribution in [2.24, 2.45) is 5.73 Å². The maximum Gasteiger partial charge on any atom is 0.237 e. The van der Waals surface area contributed by atoms with E-state index in [-0.39, 0.29) is 18.5 Å². The molecule has 180 valence electrons. The summed E-state index contributed by atoms with van der Waals surface area (Å²) in [4.78, 5) is 0. The van der Waals surface area contributed by atoms with Crippen LogP contribution in [0.2, 0.25) is 0 Å². The molecule has 0 aliphatic carbocycles. The number of piperidine rings is 1.